The molecule has 0 aromatic heterocycles. The zero-order chi connectivity index (χ0) is 19.3. The molecule has 0 unspecified atom stereocenters. The quantitative estimate of drug-likeness (QED) is 0.295. The summed E-state index contributed by atoms with van der Waals surface area (Å²) in [5.41, 5.74) is 10.4. The van der Waals surface area contributed by atoms with Crippen LogP contribution in [0.5, 0.6) is 0 Å². The molecule has 0 spiro atoms. The van der Waals surface area contributed by atoms with E-state index in [0.29, 0.717) is 0 Å². The van der Waals surface area contributed by atoms with Crippen LogP contribution in [0.25, 0.3) is 33.4 Å². The highest BCUT2D eigenvalue weighted by atomic mass is 16.1. The first-order chi connectivity index (χ1) is 13.6. The normalized spacial score (nSPS) is 12.0. The van der Waals surface area contributed by atoms with E-state index in [1.54, 1.807) is 0 Å². The fourth-order valence-corrected chi connectivity index (χ4v) is 4.21. The number of benzene rings is 4. The number of carbonyl (C=O) groups is 1. The van der Waals surface area contributed by atoms with Gasteiger partial charge in [0.25, 0.3) is 0 Å². The number of hydrogen-bond donors (Lipinski definition) is 0. The molecule has 1 aliphatic rings. The number of carbonyl (C=O) groups excluding carboxylic acids is 1. The van der Waals surface area contributed by atoms with Crippen LogP contribution in [0.1, 0.15) is 27.0 Å². The smallest absolute Gasteiger partial charge is 0.194 e. The molecule has 28 heavy (non-hydrogen) atoms. The van der Waals surface area contributed by atoms with Crippen LogP contribution < -0.4 is 0 Å². The summed E-state index contributed by atoms with van der Waals surface area (Å²) < 4.78 is 0. The maximum Gasteiger partial charge on any atom is 0.194 e. The molecular weight excluding hydrogens is 340 g/mol. The highest BCUT2D eigenvalue weighted by Crippen LogP contribution is 2.43. The molecule has 0 amide bonds. The molecule has 1 nitrogen and oxygen atoms in total. The first-order valence-electron chi connectivity index (χ1n) is 9.58. The lowest BCUT2D eigenvalue weighted by molar-refractivity contribution is 0.104. The highest BCUT2D eigenvalue weighted by Gasteiger charge is 2.24. The van der Waals surface area contributed by atoms with Gasteiger partial charge in [-0.25, -0.2) is 0 Å². The van der Waals surface area contributed by atoms with Crippen LogP contribution in [0.4, 0.5) is 0 Å². The van der Waals surface area contributed by atoms with Gasteiger partial charge in [-0.05, 0) is 47.2 Å². The molecule has 0 heterocycles. The SMILES string of the molecule is Cc1ccc2c(c1)-c1ccccc1C(=O)c1ccccc1-c1cc(C)ccc1-2. The van der Waals surface area contributed by atoms with Crippen molar-refractivity contribution in [1.82, 2.24) is 0 Å². The molecule has 5 rings (SSSR count). The maximum atomic E-state index is 13.6. The predicted molar refractivity (Wildman–Crippen MR) is 116 cm³/mol. The topological polar surface area (TPSA) is 17.1 Å². The average Bonchev–Trinajstić information content (AvgIpc) is 2.76. The minimum Gasteiger partial charge on any atom is -0.289 e. The van der Waals surface area contributed by atoms with Gasteiger partial charge in [-0.15, -0.1) is 0 Å². The van der Waals surface area contributed by atoms with Crippen LogP contribution in [-0.4, -0.2) is 5.78 Å². The van der Waals surface area contributed by atoms with E-state index >= 15 is 0 Å². The molecule has 1 aliphatic carbocycles. The van der Waals surface area contributed by atoms with E-state index in [1.165, 1.54) is 11.1 Å². The van der Waals surface area contributed by atoms with E-state index in [1.807, 2.05) is 36.4 Å². The number of fused-ring (bicyclic) bond motifs is 7. The molecule has 134 valence electrons. The van der Waals surface area contributed by atoms with Gasteiger partial charge in [-0.3, -0.25) is 4.79 Å². The summed E-state index contributed by atoms with van der Waals surface area (Å²) in [6.07, 6.45) is 0. The number of hydrogen-bond acceptors (Lipinski definition) is 1. The molecule has 0 atom stereocenters. The molecule has 0 aliphatic heterocycles. The Morgan fingerprint density at radius 2 is 0.786 bits per heavy atom. The van der Waals surface area contributed by atoms with Gasteiger partial charge in [0.1, 0.15) is 0 Å². The first kappa shape index (κ1) is 16.7. The Morgan fingerprint density at radius 1 is 0.429 bits per heavy atom. The van der Waals surface area contributed by atoms with Crippen LogP contribution in [0.3, 0.4) is 0 Å². The summed E-state index contributed by atoms with van der Waals surface area (Å²) in [7, 11) is 0. The van der Waals surface area contributed by atoms with Gasteiger partial charge in [-0.2, -0.15) is 0 Å². The molecule has 0 fully saturated rings. The van der Waals surface area contributed by atoms with Gasteiger partial charge < -0.3 is 0 Å². The van der Waals surface area contributed by atoms with E-state index in [4.69, 9.17) is 0 Å². The van der Waals surface area contributed by atoms with Crippen LogP contribution in [0, 0.1) is 13.8 Å². The van der Waals surface area contributed by atoms with Crippen molar-refractivity contribution in [3.8, 4) is 33.4 Å². The second-order valence-electron chi connectivity index (χ2n) is 7.52. The van der Waals surface area contributed by atoms with Gasteiger partial charge in [0, 0.05) is 11.1 Å². The van der Waals surface area contributed by atoms with Crippen molar-refractivity contribution in [3.63, 3.8) is 0 Å². The lowest BCUT2D eigenvalue weighted by Gasteiger charge is -2.16. The zero-order valence-electron chi connectivity index (χ0n) is 16.0. The van der Waals surface area contributed by atoms with Crippen LogP contribution in [-0.2, 0) is 0 Å². The van der Waals surface area contributed by atoms with E-state index in [-0.39, 0.29) is 5.78 Å². The van der Waals surface area contributed by atoms with Gasteiger partial charge >= 0.3 is 0 Å². The minimum atomic E-state index is 0.0769. The monoisotopic (exact) mass is 360 g/mol. The summed E-state index contributed by atoms with van der Waals surface area (Å²) in [4.78, 5) is 13.6. The molecular formula is C27H20O. The highest BCUT2D eigenvalue weighted by molar-refractivity contribution is 6.18. The molecule has 0 bridgehead atoms. The largest absolute Gasteiger partial charge is 0.289 e. The molecule has 4 aromatic rings. The van der Waals surface area contributed by atoms with Crippen molar-refractivity contribution in [3.05, 3.63) is 107 Å². The van der Waals surface area contributed by atoms with E-state index < -0.39 is 0 Å². The maximum absolute atomic E-state index is 13.6. The minimum absolute atomic E-state index is 0.0769. The fourth-order valence-electron chi connectivity index (χ4n) is 4.21. The summed E-state index contributed by atoms with van der Waals surface area (Å²) in [5, 5.41) is 0. The second-order valence-corrected chi connectivity index (χ2v) is 7.52. The summed E-state index contributed by atoms with van der Waals surface area (Å²) >= 11 is 0. The first-order valence-corrected chi connectivity index (χ1v) is 9.58. The van der Waals surface area contributed by atoms with Crippen molar-refractivity contribution in [1.29, 1.82) is 0 Å². The third-order valence-corrected chi connectivity index (χ3v) is 5.56. The van der Waals surface area contributed by atoms with Crippen molar-refractivity contribution in [2.45, 2.75) is 13.8 Å². The Hall–Kier alpha value is -3.45. The Morgan fingerprint density at radius 3 is 1.21 bits per heavy atom. The third-order valence-electron chi connectivity index (χ3n) is 5.56. The molecule has 0 saturated carbocycles. The van der Waals surface area contributed by atoms with Crippen LogP contribution in [0.2, 0.25) is 0 Å². The second kappa shape index (κ2) is 6.31. The Labute approximate surface area is 165 Å². The van der Waals surface area contributed by atoms with Gasteiger partial charge in [0.05, 0.1) is 0 Å². The van der Waals surface area contributed by atoms with Crippen LogP contribution >= 0.6 is 0 Å². The summed E-state index contributed by atoms with van der Waals surface area (Å²) in [5.74, 6) is 0.0769. The Bertz CT molecular complexity index is 1150. The Kier molecular flexibility index (Phi) is 3.77. The molecule has 0 radical (unpaired) electrons. The van der Waals surface area contributed by atoms with E-state index in [2.05, 4.69) is 62.4 Å². The van der Waals surface area contributed by atoms with E-state index in [0.717, 1.165) is 44.5 Å². The predicted octanol–water partition coefficient (Wildman–Crippen LogP) is 6.85. The van der Waals surface area contributed by atoms with Crippen molar-refractivity contribution >= 4 is 5.78 Å². The van der Waals surface area contributed by atoms with Crippen molar-refractivity contribution in [2.24, 2.45) is 0 Å². The number of aryl methyl sites for hydroxylation is 2. The average molecular weight is 360 g/mol. The molecule has 4 aromatic carbocycles. The summed E-state index contributed by atoms with van der Waals surface area (Å²) in [6.45, 7) is 4.20. The lowest BCUT2D eigenvalue weighted by Crippen LogP contribution is -2.05. The van der Waals surface area contributed by atoms with Crippen molar-refractivity contribution < 1.29 is 4.79 Å². The molecule has 0 N–H and O–H groups in total. The van der Waals surface area contributed by atoms with Crippen LogP contribution in [0.15, 0.2) is 84.9 Å². The Balaban J connectivity index is 2.00. The molecule has 1 heteroatoms. The van der Waals surface area contributed by atoms with Gasteiger partial charge in [0.2, 0.25) is 0 Å². The third kappa shape index (κ3) is 2.51. The molecule has 0 saturated heterocycles. The number of rotatable bonds is 0. The van der Waals surface area contributed by atoms with E-state index in [9.17, 15) is 4.79 Å². The van der Waals surface area contributed by atoms with Gasteiger partial charge in [0.15, 0.2) is 5.78 Å². The summed E-state index contributed by atoms with van der Waals surface area (Å²) in [6, 6.07) is 29.0. The van der Waals surface area contributed by atoms with Gasteiger partial charge in [-0.1, -0.05) is 96.1 Å². The standard InChI is InChI=1S/C27H20O/c1-17-11-13-21-22-14-12-18(2)16-26(22)20-8-4-6-10-24(20)27(28)23-9-5-3-7-19(23)25(21)15-17/h3-16H,1-2H3. The fraction of sp³-hybridized carbons (Fsp3) is 0.0741. The van der Waals surface area contributed by atoms with Crippen molar-refractivity contribution in [2.75, 3.05) is 0 Å². The lowest BCUT2D eigenvalue weighted by atomic mass is 9.88. The zero-order valence-corrected chi connectivity index (χ0v) is 16.0. The number of ketones is 1.